The molecule has 0 saturated carbocycles. The second-order valence-corrected chi connectivity index (χ2v) is 7.38. The Kier molecular flexibility index (Phi) is 5.62. The lowest BCUT2D eigenvalue weighted by molar-refractivity contribution is -0.121. The topological polar surface area (TPSA) is 80.6 Å². The second kappa shape index (κ2) is 8.49. The maximum atomic E-state index is 12.4. The first-order valence-electron chi connectivity index (χ1n) is 9.88. The van der Waals surface area contributed by atoms with Crippen molar-refractivity contribution in [3.8, 4) is 0 Å². The van der Waals surface area contributed by atoms with Crippen LogP contribution in [0.15, 0.2) is 59.0 Å². The minimum Gasteiger partial charge on any atom is -0.451 e. The van der Waals surface area contributed by atoms with Crippen LogP contribution in [0.5, 0.6) is 0 Å². The molecule has 2 unspecified atom stereocenters. The van der Waals surface area contributed by atoms with Gasteiger partial charge in [-0.3, -0.25) is 9.59 Å². The van der Waals surface area contributed by atoms with Gasteiger partial charge in [-0.15, -0.1) is 0 Å². The van der Waals surface area contributed by atoms with Crippen LogP contribution in [0, 0.1) is 0 Å². The molecule has 1 aliphatic rings. The van der Waals surface area contributed by atoms with Gasteiger partial charge in [-0.05, 0) is 49.6 Å². The first-order chi connectivity index (χ1) is 14.1. The summed E-state index contributed by atoms with van der Waals surface area (Å²) in [7, 11) is 0. The van der Waals surface area contributed by atoms with Crippen LogP contribution >= 0.6 is 0 Å². The van der Waals surface area contributed by atoms with Crippen molar-refractivity contribution in [1.82, 2.24) is 5.32 Å². The highest BCUT2D eigenvalue weighted by molar-refractivity contribution is 6.04. The molecule has 2 heterocycles. The van der Waals surface area contributed by atoms with Crippen molar-refractivity contribution in [2.75, 3.05) is 11.9 Å². The van der Waals surface area contributed by atoms with E-state index in [9.17, 15) is 9.59 Å². The Morgan fingerprint density at radius 1 is 1.14 bits per heavy atom. The molecule has 6 heteroatoms. The molecule has 1 aromatic heterocycles. The zero-order valence-corrected chi connectivity index (χ0v) is 16.3. The Morgan fingerprint density at radius 3 is 2.66 bits per heavy atom. The van der Waals surface area contributed by atoms with Crippen LogP contribution in [0.2, 0.25) is 0 Å². The zero-order valence-electron chi connectivity index (χ0n) is 16.3. The highest BCUT2D eigenvalue weighted by atomic mass is 16.5. The van der Waals surface area contributed by atoms with E-state index in [1.165, 1.54) is 0 Å². The number of para-hydroxylation sites is 1. The molecule has 1 saturated heterocycles. The largest absolute Gasteiger partial charge is 0.451 e. The average molecular weight is 392 g/mol. The molecule has 4 rings (SSSR count). The molecule has 2 amide bonds. The number of benzene rings is 2. The first-order valence-corrected chi connectivity index (χ1v) is 9.88. The van der Waals surface area contributed by atoms with E-state index < -0.39 is 0 Å². The standard InChI is InChI=1S/C23H24N2O4/c1-15(19-7-4-12-28-19)24-22(26)13-16-8-10-18(11-9-16)25-23(27)21-14-17-5-2-3-6-20(17)29-21/h2-3,5-6,8-11,14-15,19H,4,7,12-13H2,1H3,(H,24,26)(H,25,27). The lowest BCUT2D eigenvalue weighted by Crippen LogP contribution is -2.41. The van der Waals surface area contributed by atoms with E-state index in [1.807, 2.05) is 43.3 Å². The van der Waals surface area contributed by atoms with Crippen LogP contribution in [0.1, 0.15) is 35.9 Å². The van der Waals surface area contributed by atoms with E-state index in [2.05, 4.69) is 10.6 Å². The predicted octanol–water partition coefficient (Wildman–Crippen LogP) is 3.91. The Bertz CT molecular complexity index is 970. The molecule has 2 aromatic carbocycles. The summed E-state index contributed by atoms with van der Waals surface area (Å²) >= 11 is 0. The van der Waals surface area contributed by atoms with E-state index in [0.717, 1.165) is 30.4 Å². The maximum Gasteiger partial charge on any atom is 0.291 e. The van der Waals surface area contributed by atoms with Gasteiger partial charge in [-0.2, -0.15) is 0 Å². The summed E-state index contributed by atoms with van der Waals surface area (Å²) in [6, 6.07) is 16.5. The number of nitrogens with one attached hydrogen (secondary N) is 2. The van der Waals surface area contributed by atoms with Gasteiger partial charge < -0.3 is 19.8 Å². The van der Waals surface area contributed by atoms with Gasteiger partial charge in [0.2, 0.25) is 5.91 Å². The summed E-state index contributed by atoms with van der Waals surface area (Å²) in [5.74, 6) is -0.0816. The summed E-state index contributed by atoms with van der Waals surface area (Å²) < 4.78 is 11.2. The van der Waals surface area contributed by atoms with Gasteiger partial charge in [0.05, 0.1) is 18.6 Å². The quantitative estimate of drug-likeness (QED) is 0.666. The first kappa shape index (κ1) is 19.2. The molecular weight excluding hydrogens is 368 g/mol. The predicted molar refractivity (Wildman–Crippen MR) is 111 cm³/mol. The van der Waals surface area contributed by atoms with Gasteiger partial charge in [-0.25, -0.2) is 0 Å². The van der Waals surface area contributed by atoms with Crippen molar-refractivity contribution in [2.24, 2.45) is 0 Å². The van der Waals surface area contributed by atoms with Crippen LogP contribution in [0.4, 0.5) is 5.69 Å². The average Bonchev–Trinajstić information content (AvgIpc) is 3.39. The van der Waals surface area contributed by atoms with Crippen molar-refractivity contribution in [3.63, 3.8) is 0 Å². The molecule has 150 valence electrons. The fourth-order valence-corrected chi connectivity index (χ4v) is 3.57. The number of furan rings is 1. The SMILES string of the molecule is CC(NC(=O)Cc1ccc(NC(=O)c2cc3ccccc3o2)cc1)C1CCCO1. The Balaban J connectivity index is 1.32. The molecular formula is C23H24N2O4. The molecule has 0 bridgehead atoms. The highest BCUT2D eigenvalue weighted by Gasteiger charge is 2.23. The zero-order chi connectivity index (χ0) is 20.2. The van der Waals surface area contributed by atoms with Crippen LogP contribution in [-0.2, 0) is 16.0 Å². The fraction of sp³-hybridized carbons (Fsp3) is 0.304. The van der Waals surface area contributed by atoms with E-state index in [-0.39, 0.29) is 36.1 Å². The fourth-order valence-electron chi connectivity index (χ4n) is 3.57. The third-order valence-electron chi connectivity index (χ3n) is 5.14. The monoisotopic (exact) mass is 392 g/mol. The summed E-state index contributed by atoms with van der Waals surface area (Å²) in [6.07, 6.45) is 2.43. The normalized spacial score (nSPS) is 17.2. The second-order valence-electron chi connectivity index (χ2n) is 7.38. The van der Waals surface area contributed by atoms with Crippen LogP contribution in [-0.4, -0.2) is 30.6 Å². The third kappa shape index (κ3) is 4.66. The van der Waals surface area contributed by atoms with Gasteiger partial charge in [0, 0.05) is 17.7 Å². The van der Waals surface area contributed by atoms with Crippen LogP contribution in [0.25, 0.3) is 11.0 Å². The maximum absolute atomic E-state index is 12.4. The van der Waals surface area contributed by atoms with E-state index in [1.54, 1.807) is 18.2 Å². The molecule has 6 nitrogen and oxygen atoms in total. The molecule has 0 spiro atoms. The summed E-state index contributed by atoms with van der Waals surface area (Å²) in [6.45, 7) is 2.75. The summed E-state index contributed by atoms with van der Waals surface area (Å²) in [5.41, 5.74) is 2.20. The number of rotatable bonds is 6. The third-order valence-corrected chi connectivity index (χ3v) is 5.14. The lowest BCUT2D eigenvalue weighted by atomic mass is 10.1. The van der Waals surface area contributed by atoms with Crippen LogP contribution < -0.4 is 10.6 Å². The van der Waals surface area contributed by atoms with Crippen molar-refractivity contribution in [2.45, 2.75) is 38.3 Å². The lowest BCUT2D eigenvalue weighted by Gasteiger charge is -2.20. The number of anilines is 1. The molecule has 0 aliphatic carbocycles. The summed E-state index contributed by atoms with van der Waals surface area (Å²) in [5, 5.41) is 6.71. The molecule has 29 heavy (non-hydrogen) atoms. The van der Waals surface area contributed by atoms with E-state index >= 15 is 0 Å². The Labute approximate surface area is 169 Å². The number of fused-ring (bicyclic) bond motifs is 1. The smallest absolute Gasteiger partial charge is 0.291 e. The highest BCUT2D eigenvalue weighted by Crippen LogP contribution is 2.20. The number of hydrogen-bond acceptors (Lipinski definition) is 4. The molecule has 1 fully saturated rings. The van der Waals surface area contributed by atoms with E-state index in [4.69, 9.17) is 9.15 Å². The molecule has 1 aliphatic heterocycles. The summed E-state index contributed by atoms with van der Waals surface area (Å²) in [4.78, 5) is 24.7. The van der Waals surface area contributed by atoms with E-state index in [0.29, 0.717) is 11.3 Å². The van der Waals surface area contributed by atoms with Crippen molar-refractivity contribution < 1.29 is 18.7 Å². The number of carbonyl (C=O) groups is 2. The molecule has 2 atom stereocenters. The Morgan fingerprint density at radius 2 is 1.93 bits per heavy atom. The minimum atomic E-state index is -0.308. The molecule has 2 N–H and O–H groups in total. The van der Waals surface area contributed by atoms with Gasteiger partial charge in [0.25, 0.3) is 5.91 Å². The van der Waals surface area contributed by atoms with Crippen LogP contribution in [0.3, 0.4) is 0 Å². The molecule has 0 radical (unpaired) electrons. The van der Waals surface area contributed by atoms with Gasteiger partial charge >= 0.3 is 0 Å². The van der Waals surface area contributed by atoms with Crippen molar-refractivity contribution in [1.29, 1.82) is 0 Å². The Hall–Kier alpha value is -3.12. The van der Waals surface area contributed by atoms with Crippen molar-refractivity contribution >= 4 is 28.5 Å². The minimum absolute atomic E-state index is 0.00682. The number of ether oxygens (including phenoxy) is 1. The number of hydrogen-bond donors (Lipinski definition) is 2. The van der Waals surface area contributed by atoms with Crippen molar-refractivity contribution in [3.05, 3.63) is 65.9 Å². The number of amides is 2. The number of carbonyl (C=O) groups excluding carboxylic acids is 2. The van der Waals surface area contributed by atoms with Gasteiger partial charge in [-0.1, -0.05) is 30.3 Å². The van der Waals surface area contributed by atoms with Gasteiger partial charge in [0.15, 0.2) is 5.76 Å². The molecule has 3 aromatic rings. The van der Waals surface area contributed by atoms with Gasteiger partial charge in [0.1, 0.15) is 5.58 Å².